The van der Waals surface area contributed by atoms with Gasteiger partial charge in [-0.25, -0.2) is 0 Å². The van der Waals surface area contributed by atoms with E-state index in [1.807, 2.05) is 80.3 Å². The molecule has 1 N–H and O–H groups in total. The molecule has 0 aliphatic heterocycles. The van der Waals surface area contributed by atoms with Crippen LogP contribution >= 0.6 is 15.9 Å². The summed E-state index contributed by atoms with van der Waals surface area (Å²) in [7, 11) is 3.79. The van der Waals surface area contributed by atoms with Gasteiger partial charge in [0, 0.05) is 41.2 Å². The molecule has 2 aromatic heterocycles. The largest absolute Gasteiger partial charge is 0.350 e. The van der Waals surface area contributed by atoms with Crippen LogP contribution in [0.25, 0.3) is 22.0 Å². The number of aryl methyl sites for hydroxylation is 3. The quantitative estimate of drug-likeness (QED) is 0.510. The molecule has 2 heterocycles. The lowest BCUT2D eigenvalue weighted by Crippen LogP contribution is -2.15. The van der Waals surface area contributed by atoms with Crippen molar-refractivity contribution in [1.29, 1.82) is 0 Å². The third-order valence-corrected chi connectivity index (χ3v) is 5.26. The minimum Gasteiger partial charge on any atom is -0.350 e. The van der Waals surface area contributed by atoms with Crippen LogP contribution in [0.1, 0.15) is 16.1 Å². The summed E-state index contributed by atoms with van der Waals surface area (Å²) in [4.78, 5) is 13.1. The first-order valence-corrected chi connectivity index (χ1v) is 9.40. The van der Waals surface area contributed by atoms with Crippen LogP contribution in [0.5, 0.6) is 0 Å². The fourth-order valence-corrected chi connectivity index (χ4v) is 3.73. The van der Waals surface area contributed by atoms with Gasteiger partial charge in [-0.1, -0.05) is 46.3 Å². The lowest BCUT2D eigenvalue weighted by atomic mass is 10.1. The highest BCUT2D eigenvalue weighted by atomic mass is 79.9. The molecule has 136 valence electrons. The Morgan fingerprint density at radius 1 is 1.07 bits per heavy atom. The average Bonchev–Trinajstić information content (AvgIpc) is 3.13. The van der Waals surface area contributed by atoms with Crippen LogP contribution in [0, 0.1) is 6.92 Å². The topological polar surface area (TPSA) is 51.9 Å². The zero-order chi connectivity index (χ0) is 19.1. The second-order valence-corrected chi connectivity index (χ2v) is 7.48. The number of hydrogen-bond acceptors (Lipinski definition) is 2. The first-order valence-electron chi connectivity index (χ1n) is 8.60. The highest BCUT2D eigenvalue weighted by molar-refractivity contribution is 9.10. The van der Waals surface area contributed by atoms with Crippen LogP contribution < -0.4 is 5.32 Å². The predicted molar refractivity (Wildman–Crippen MR) is 112 cm³/mol. The molecule has 0 saturated carbocycles. The van der Waals surface area contributed by atoms with E-state index in [-0.39, 0.29) is 5.91 Å². The van der Waals surface area contributed by atoms with Gasteiger partial charge in [-0.3, -0.25) is 9.48 Å². The summed E-state index contributed by atoms with van der Waals surface area (Å²) in [5, 5.41) is 8.51. The van der Waals surface area contributed by atoms with Crippen molar-refractivity contribution in [3.63, 3.8) is 0 Å². The van der Waals surface area contributed by atoms with Crippen molar-refractivity contribution >= 4 is 38.6 Å². The van der Waals surface area contributed by atoms with Gasteiger partial charge in [-0.15, -0.1) is 0 Å². The summed E-state index contributed by atoms with van der Waals surface area (Å²) in [5.74, 6) is 0.543. The van der Waals surface area contributed by atoms with Crippen molar-refractivity contribution in [2.45, 2.75) is 6.92 Å². The fraction of sp³-hybridized carbons (Fsp3) is 0.143. The van der Waals surface area contributed by atoms with Crippen molar-refractivity contribution in [2.75, 3.05) is 5.32 Å². The van der Waals surface area contributed by atoms with Crippen molar-refractivity contribution in [3.05, 3.63) is 70.5 Å². The highest BCUT2D eigenvalue weighted by Crippen LogP contribution is 2.32. The predicted octanol–water partition coefficient (Wildman–Crippen LogP) is 4.90. The number of amides is 1. The lowest BCUT2D eigenvalue weighted by molar-refractivity contribution is 0.102. The minimum absolute atomic E-state index is 0.145. The molecule has 4 rings (SSSR count). The molecule has 0 bridgehead atoms. The van der Waals surface area contributed by atoms with Crippen LogP contribution in [-0.2, 0) is 14.1 Å². The minimum atomic E-state index is -0.145. The van der Waals surface area contributed by atoms with Crippen LogP contribution in [-0.4, -0.2) is 20.3 Å². The maximum absolute atomic E-state index is 13.1. The number of para-hydroxylation sites is 1. The van der Waals surface area contributed by atoms with Crippen LogP contribution in [0.3, 0.4) is 0 Å². The number of hydrogen-bond donors (Lipinski definition) is 1. The van der Waals surface area contributed by atoms with Gasteiger partial charge in [0.25, 0.3) is 5.91 Å². The number of carbonyl (C=O) groups is 1. The van der Waals surface area contributed by atoms with Gasteiger partial charge < -0.3 is 9.88 Å². The standard InChI is InChI=1S/C21H19BrN4O/c1-13-19(14-8-10-15(22)11-9-14)20(26(3)24-13)23-21(27)17-12-25(2)18-7-5-4-6-16(17)18/h4-12H,1-3H3,(H,23,27). The van der Waals surface area contributed by atoms with E-state index < -0.39 is 0 Å². The maximum atomic E-state index is 13.1. The zero-order valence-electron chi connectivity index (χ0n) is 15.3. The molecule has 5 nitrogen and oxygen atoms in total. The number of anilines is 1. The molecule has 0 saturated heterocycles. The van der Waals surface area contributed by atoms with E-state index >= 15 is 0 Å². The number of benzene rings is 2. The van der Waals surface area contributed by atoms with Gasteiger partial charge in [0.15, 0.2) is 0 Å². The summed E-state index contributed by atoms with van der Waals surface area (Å²) in [6.45, 7) is 1.95. The molecule has 0 aliphatic rings. The van der Waals surface area contributed by atoms with Gasteiger partial charge in [0.2, 0.25) is 0 Å². The van der Waals surface area contributed by atoms with E-state index in [9.17, 15) is 4.79 Å². The highest BCUT2D eigenvalue weighted by Gasteiger charge is 2.20. The number of nitrogens with one attached hydrogen (secondary N) is 1. The Balaban J connectivity index is 1.76. The van der Waals surface area contributed by atoms with E-state index in [1.54, 1.807) is 4.68 Å². The number of halogens is 1. The maximum Gasteiger partial charge on any atom is 0.258 e. The van der Waals surface area contributed by atoms with Crippen LogP contribution in [0.15, 0.2) is 59.2 Å². The summed E-state index contributed by atoms with van der Waals surface area (Å²) in [5.41, 5.74) is 4.48. The van der Waals surface area contributed by atoms with Crippen molar-refractivity contribution in [1.82, 2.24) is 14.3 Å². The molecule has 0 fully saturated rings. The number of fused-ring (bicyclic) bond motifs is 1. The summed E-state index contributed by atoms with van der Waals surface area (Å²) in [6.07, 6.45) is 1.86. The van der Waals surface area contributed by atoms with Crippen molar-refractivity contribution < 1.29 is 4.79 Å². The Kier molecular flexibility index (Phi) is 4.36. The zero-order valence-corrected chi connectivity index (χ0v) is 16.9. The molecule has 0 unspecified atom stereocenters. The number of nitrogens with zero attached hydrogens (tertiary/aromatic N) is 3. The molecular weight excluding hydrogens is 404 g/mol. The Hall–Kier alpha value is -2.86. The Labute approximate surface area is 165 Å². The van der Waals surface area contributed by atoms with E-state index in [0.29, 0.717) is 11.4 Å². The van der Waals surface area contributed by atoms with Crippen LogP contribution in [0.2, 0.25) is 0 Å². The average molecular weight is 423 g/mol. The number of carbonyl (C=O) groups excluding carboxylic acids is 1. The normalized spacial score (nSPS) is 11.1. The first kappa shape index (κ1) is 17.5. The molecule has 0 spiro atoms. The van der Waals surface area contributed by atoms with E-state index in [2.05, 4.69) is 26.3 Å². The molecule has 0 atom stereocenters. The van der Waals surface area contributed by atoms with Gasteiger partial charge in [-0.2, -0.15) is 5.10 Å². The third kappa shape index (κ3) is 3.06. The van der Waals surface area contributed by atoms with E-state index in [4.69, 9.17) is 0 Å². The van der Waals surface area contributed by atoms with E-state index in [1.165, 1.54) is 0 Å². The third-order valence-electron chi connectivity index (χ3n) is 4.73. The molecule has 1 amide bonds. The molecule has 4 aromatic rings. The molecule has 6 heteroatoms. The monoisotopic (exact) mass is 422 g/mol. The summed E-state index contributed by atoms with van der Waals surface area (Å²) < 4.78 is 4.69. The SMILES string of the molecule is Cc1nn(C)c(NC(=O)c2cn(C)c3ccccc23)c1-c1ccc(Br)cc1. The molecule has 0 radical (unpaired) electrons. The Morgan fingerprint density at radius 2 is 1.78 bits per heavy atom. The molecule has 27 heavy (non-hydrogen) atoms. The summed E-state index contributed by atoms with van der Waals surface area (Å²) >= 11 is 3.46. The molecular formula is C21H19BrN4O. The van der Waals surface area contributed by atoms with Crippen molar-refractivity contribution in [3.8, 4) is 11.1 Å². The van der Waals surface area contributed by atoms with Crippen molar-refractivity contribution in [2.24, 2.45) is 14.1 Å². The van der Waals surface area contributed by atoms with Gasteiger partial charge in [0.05, 0.1) is 11.3 Å². The van der Waals surface area contributed by atoms with E-state index in [0.717, 1.165) is 32.2 Å². The smallest absolute Gasteiger partial charge is 0.258 e. The summed E-state index contributed by atoms with van der Waals surface area (Å²) in [6, 6.07) is 15.9. The first-order chi connectivity index (χ1) is 13.0. The van der Waals surface area contributed by atoms with Gasteiger partial charge >= 0.3 is 0 Å². The van der Waals surface area contributed by atoms with Gasteiger partial charge in [0.1, 0.15) is 5.82 Å². The fourth-order valence-electron chi connectivity index (χ4n) is 3.46. The van der Waals surface area contributed by atoms with Crippen LogP contribution in [0.4, 0.5) is 5.82 Å². The molecule has 0 aliphatic carbocycles. The second kappa shape index (κ2) is 6.70. The Morgan fingerprint density at radius 3 is 2.52 bits per heavy atom. The lowest BCUT2D eigenvalue weighted by Gasteiger charge is -2.09. The molecule has 2 aromatic carbocycles. The second-order valence-electron chi connectivity index (χ2n) is 6.56. The van der Waals surface area contributed by atoms with Gasteiger partial charge in [-0.05, 0) is 30.7 Å². The Bertz CT molecular complexity index is 1160. The number of rotatable bonds is 3. The number of aromatic nitrogens is 3.